The first kappa shape index (κ1) is 21.3. The number of halogens is 2. The smallest absolute Gasteiger partial charge is 0.251 e. The second-order valence-corrected chi connectivity index (χ2v) is 7.52. The van der Waals surface area contributed by atoms with Crippen LogP contribution in [-0.2, 0) is 5.75 Å². The second-order valence-electron chi connectivity index (χ2n) is 5.41. The Morgan fingerprint density at radius 1 is 1.33 bits per heavy atom. The molecule has 1 saturated heterocycles. The van der Waals surface area contributed by atoms with Gasteiger partial charge in [0, 0.05) is 47.1 Å². The highest BCUT2D eigenvalue weighted by molar-refractivity contribution is 7.98. The Balaban J connectivity index is 0.00000144. The molecule has 2 aromatic rings. The molecule has 1 aromatic carbocycles. The monoisotopic (exact) mass is 405 g/mol. The van der Waals surface area contributed by atoms with Gasteiger partial charge in [-0.1, -0.05) is 0 Å². The molecule has 3 rings (SSSR count). The first-order valence-corrected chi connectivity index (χ1v) is 9.20. The minimum absolute atomic E-state index is 0. The topological polar surface area (TPSA) is 54.0 Å². The van der Waals surface area contributed by atoms with Crippen LogP contribution in [0, 0.1) is 12.8 Å². The number of nitrogens with zero attached hydrogens (tertiary/aromatic N) is 1. The molecule has 0 spiro atoms. The molecule has 2 heterocycles. The summed E-state index contributed by atoms with van der Waals surface area (Å²) >= 11 is 3.42. The summed E-state index contributed by atoms with van der Waals surface area (Å²) in [7, 11) is 0. The number of aromatic nitrogens is 1. The Labute approximate surface area is 163 Å². The molecule has 1 aromatic heterocycles. The summed E-state index contributed by atoms with van der Waals surface area (Å²) in [5.41, 5.74) is 1.84. The molecule has 0 saturated carbocycles. The number of thiazole rings is 1. The zero-order valence-electron chi connectivity index (χ0n) is 13.3. The minimum atomic E-state index is 0. The quantitative estimate of drug-likeness (QED) is 0.721. The molecule has 1 amide bonds. The lowest BCUT2D eigenvalue weighted by Gasteiger charge is -2.27. The van der Waals surface area contributed by atoms with Crippen LogP contribution in [0.1, 0.15) is 21.1 Å². The molecular formula is C16H21Cl2N3OS2. The van der Waals surface area contributed by atoms with E-state index in [1.165, 1.54) is 0 Å². The fourth-order valence-corrected chi connectivity index (χ4v) is 3.68. The second kappa shape index (κ2) is 10.3. The van der Waals surface area contributed by atoms with Gasteiger partial charge in [-0.3, -0.25) is 4.79 Å². The maximum absolute atomic E-state index is 12.0. The van der Waals surface area contributed by atoms with E-state index in [4.69, 9.17) is 0 Å². The summed E-state index contributed by atoms with van der Waals surface area (Å²) < 4.78 is 0. The van der Waals surface area contributed by atoms with Crippen LogP contribution in [-0.4, -0.2) is 30.5 Å². The first-order valence-electron chi connectivity index (χ1n) is 7.33. The lowest BCUT2D eigenvalue weighted by atomic mass is 10.0. The Morgan fingerprint density at radius 2 is 2.04 bits per heavy atom. The van der Waals surface area contributed by atoms with Crippen molar-refractivity contribution in [1.82, 2.24) is 15.6 Å². The van der Waals surface area contributed by atoms with Crippen LogP contribution in [0.2, 0.25) is 0 Å². The van der Waals surface area contributed by atoms with Gasteiger partial charge in [-0.25, -0.2) is 4.98 Å². The third kappa shape index (κ3) is 5.93. The highest BCUT2D eigenvalue weighted by Gasteiger charge is 2.17. The number of thioether (sulfide) groups is 1. The average Bonchev–Trinajstić information content (AvgIpc) is 2.89. The molecule has 0 atom stereocenters. The molecule has 2 N–H and O–H groups in total. The lowest BCUT2D eigenvalue weighted by molar-refractivity contribution is 0.0942. The SMILES string of the molecule is Cc1nc(CSc2ccc(C(=O)NCC3CNC3)cc2)cs1.Cl.Cl. The number of benzene rings is 1. The van der Waals surface area contributed by atoms with E-state index in [-0.39, 0.29) is 30.7 Å². The van der Waals surface area contributed by atoms with Crippen LogP contribution in [0.4, 0.5) is 0 Å². The van der Waals surface area contributed by atoms with Crippen molar-refractivity contribution in [3.63, 3.8) is 0 Å². The molecular weight excluding hydrogens is 385 g/mol. The van der Waals surface area contributed by atoms with Gasteiger partial charge in [0.05, 0.1) is 10.7 Å². The maximum atomic E-state index is 12.0. The van der Waals surface area contributed by atoms with E-state index in [0.717, 1.165) is 46.5 Å². The van der Waals surface area contributed by atoms with Gasteiger partial charge in [-0.15, -0.1) is 47.9 Å². The molecule has 4 nitrogen and oxygen atoms in total. The molecule has 0 bridgehead atoms. The van der Waals surface area contributed by atoms with Crippen molar-refractivity contribution in [1.29, 1.82) is 0 Å². The number of carbonyl (C=O) groups is 1. The Hall–Kier alpha value is -0.790. The van der Waals surface area contributed by atoms with Gasteiger partial charge >= 0.3 is 0 Å². The van der Waals surface area contributed by atoms with Crippen LogP contribution < -0.4 is 10.6 Å². The van der Waals surface area contributed by atoms with Gasteiger partial charge < -0.3 is 10.6 Å². The summed E-state index contributed by atoms with van der Waals surface area (Å²) in [6.45, 7) is 4.79. The molecule has 1 aliphatic rings. The van der Waals surface area contributed by atoms with E-state index in [2.05, 4.69) is 21.0 Å². The van der Waals surface area contributed by atoms with E-state index >= 15 is 0 Å². The molecule has 1 aliphatic heterocycles. The highest BCUT2D eigenvalue weighted by Crippen LogP contribution is 2.23. The Morgan fingerprint density at radius 3 is 2.58 bits per heavy atom. The third-order valence-electron chi connectivity index (χ3n) is 3.59. The summed E-state index contributed by atoms with van der Waals surface area (Å²) in [4.78, 5) is 17.6. The van der Waals surface area contributed by atoms with Gasteiger partial charge in [0.2, 0.25) is 0 Å². The number of aryl methyl sites for hydroxylation is 1. The van der Waals surface area contributed by atoms with Crippen LogP contribution >= 0.6 is 47.9 Å². The van der Waals surface area contributed by atoms with E-state index in [0.29, 0.717) is 5.92 Å². The van der Waals surface area contributed by atoms with Crippen molar-refractivity contribution in [3.05, 3.63) is 45.9 Å². The predicted octanol–water partition coefficient (Wildman–Crippen LogP) is 3.54. The molecule has 0 aliphatic carbocycles. The van der Waals surface area contributed by atoms with E-state index in [1.54, 1.807) is 23.1 Å². The van der Waals surface area contributed by atoms with Crippen LogP contribution in [0.5, 0.6) is 0 Å². The van der Waals surface area contributed by atoms with Crippen molar-refractivity contribution in [2.45, 2.75) is 17.6 Å². The Bertz CT molecular complexity index is 645. The van der Waals surface area contributed by atoms with Gasteiger partial charge in [0.25, 0.3) is 5.91 Å². The molecule has 8 heteroatoms. The summed E-state index contributed by atoms with van der Waals surface area (Å²) in [6, 6.07) is 7.79. The van der Waals surface area contributed by atoms with E-state index in [1.807, 2.05) is 31.2 Å². The number of rotatable bonds is 6. The minimum Gasteiger partial charge on any atom is -0.352 e. The molecule has 24 heavy (non-hydrogen) atoms. The predicted molar refractivity (Wildman–Crippen MR) is 106 cm³/mol. The first-order chi connectivity index (χ1) is 10.7. The van der Waals surface area contributed by atoms with Gasteiger partial charge in [-0.2, -0.15) is 0 Å². The van der Waals surface area contributed by atoms with Crippen molar-refractivity contribution in [3.8, 4) is 0 Å². The lowest BCUT2D eigenvalue weighted by Crippen LogP contribution is -2.48. The zero-order valence-corrected chi connectivity index (χ0v) is 16.5. The number of hydrogen-bond donors (Lipinski definition) is 2. The maximum Gasteiger partial charge on any atom is 0.251 e. The standard InChI is InChI=1S/C16H19N3OS2.2ClH/c1-11-19-14(9-21-11)10-22-15-4-2-13(3-5-15)16(20)18-8-12-6-17-7-12;;/h2-5,9,12,17H,6-8,10H2,1H3,(H,18,20);2*1H. The summed E-state index contributed by atoms with van der Waals surface area (Å²) in [5, 5.41) is 9.39. The van der Waals surface area contributed by atoms with Gasteiger partial charge in [-0.05, 0) is 31.2 Å². The summed E-state index contributed by atoms with van der Waals surface area (Å²) in [6.07, 6.45) is 0. The van der Waals surface area contributed by atoms with E-state index in [9.17, 15) is 4.79 Å². The van der Waals surface area contributed by atoms with Crippen LogP contribution in [0.3, 0.4) is 0 Å². The van der Waals surface area contributed by atoms with Crippen LogP contribution in [0.25, 0.3) is 0 Å². The van der Waals surface area contributed by atoms with Crippen molar-refractivity contribution in [2.75, 3.05) is 19.6 Å². The number of hydrogen-bond acceptors (Lipinski definition) is 5. The molecule has 132 valence electrons. The third-order valence-corrected chi connectivity index (χ3v) is 5.46. The average molecular weight is 406 g/mol. The molecule has 0 radical (unpaired) electrons. The highest BCUT2D eigenvalue weighted by atomic mass is 35.5. The van der Waals surface area contributed by atoms with Gasteiger partial charge in [0.15, 0.2) is 0 Å². The van der Waals surface area contributed by atoms with Crippen LogP contribution in [0.15, 0.2) is 34.5 Å². The molecule has 1 fully saturated rings. The van der Waals surface area contributed by atoms with E-state index < -0.39 is 0 Å². The largest absolute Gasteiger partial charge is 0.352 e. The number of nitrogens with one attached hydrogen (secondary N) is 2. The zero-order chi connectivity index (χ0) is 15.4. The molecule has 0 unspecified atom stereocenters. The van der Waals surface area contributed by atoms with Crippen molar-refractivity contribution >= 4 is 53.8 Å². The number of amides is 1. The normalized spacial score (nSPS) is 13.4. The van der Waals surface area contributed by atoms with Gasteiger partial charge in [0.1, 0.15) is 0 Å². The fraction of sp³-hybridized carbons (Fsp3) is 0.375. The van der Waals surface area contributed by atoms with Crippen molar-refractivity contribution in [2.24, 2.45) is 5.92 Å². The summed E-state index contributed by atoms with van der Waals surface area (Å²) in [5.74, 6) is 1.46. The number of carbonyl (C=O) groups excluding carboxylic acids is 1. The van der Waals surface area contributed by atoms with Crippen molar-refractivity contribution < 1.29 is 4.79 Å². The fourth-order valence-electron chi connectivity index (χ4n) is 2.17. The Kier molecular flexibility index (Phi) is 9.08.